The first-order valence-electron chi connectivity index (χ1n) is 7.72. The minimum atomic E-state index is -0.300. The van der Waals surface area contributed by atoms with Gasteiger partial charge in [0.2, 0.25) is 0 Å². The third-order valence-corrected chi connectivity index (χ3v) is 3.57. The normalized spacial score (nSPS) is 9.62. The zero-order valence-corrected chi connectivity index (χ0v) is 13.6. The monoisotopic (exact) mass is 339 g/mol. The fourth-order valence-corrected chi connectivity index (χ4v) is 2.26. The van der Waals surface area contributed by atoms with E-state index in [0.29, 0.717) is 28.1 Å². The maximum Gasteiger partial charge on any atom is 0.257 e. The molecule has 0 saturated carbocycles. The number of benzene rings is 2. The standard InChI is InChI=1S/C20H13N5O/c21-10-14-1-5-17(6-2-14)24-19-9-16(12-23-13-19)20(26)25-18-7-3-15(11-22)4-8-18/h1-9,12-13,24H,(H,25,26). The molecule has 0 unspecified atom stereocenters. The summed E-state index contributed by atoms with van der Waals surface area (Å²) in [6, 6.07) is 19.4. The van der Waals surface area contributed by atoms with Crippen molar-refractivity contribution < 1.29 is 4.79 Å². The quantitative estimate of drug-likeness (QED) is 0.752. The van der Waals surface area contributed by atoms with Crippen LogP contribution in [0.2, 0.25) is 0 Å². The van der Waals surface area contributed by atoms with Crippen LogP contribution in [0.1, 0.15) is 21.5 Å². The lowest BCUT2D eigenvalue weighted by Gasteiger charge is -2.09. The van der Waals surface area contributed by atoms with Gasteiger partial charge in [-0.15, -0.1) is 0 Å². The Balaban J connectivity index is 1.72. The van der Waals surface area contributed by atoms with E-state index < -0.39 is 0 Å². The Hall–Kier alpha value is -4.16. The molecule has 3 rings (SSSR count). The highest BCUT2D eigenvalue weighted by molar-refractivity contribution is 6.04. The number of nitrogens with zero attached hydrogens (tertiary/aromatic N) is 3. The molecule has 0 aliphatic carbocycles. The van der Waals surface area contributed by atoms with Crippen molar-refractivity contribution in [3.8, 4) is 12.1 Å². The van der Waals surface area contributed by atoms with E-state index in [9.17, 15) is 4.79 Å². The fourth-order valence-electron chi connectivity index (χ4n) is 2.26. The number of anilines is 3. The van der Waals surface area contributed by atoms with Crippen molar-refractivity contribution in [1.29, 1.82) is 10.5 Å². The van der Waals surface area contributed by atoms with Crippen molar-refractivity contribution in [1.82, 2.24) is 4.98 Å². The second kappa shape index (κ2) is 7.61. The van der Waals surface area contributed by atoms with Crippen LogP contribution in [0, 0.1) is 22.7 Å². The molecule has 2 N–H and O–H groups in total. The van der Waals surface area contributed by atoms with E-state index in [0.717, 1.165) is 5.69 Å². The Morgan fingerprint density at radius 2 is 1.38 bits per heavy atom. The van der Waals surface area contributed by atoms with Gasteiger partial charge in [-0.2, -0.15) is 10.5 Å². The average Bonchev–Trinajstić information content (AvgIpc) is 2.69. The number of carbonyl (C=O) groups excluding carboxylic acids is 1. The molecule has 0 bridgehead atoms. The lowest BCUT2D eigenvalue weighted by atomic mass is 10.2. The van der Waals surface area contributed by atoms with Gasteiger partial charge in [-0.05, 0) is 54.6 Å². The van der Waals surface area contributed by atoms with Gasteiger partial charge < -0.3 is 10.6 Å². The molecule has 3 aromatic rings. The summed E-state index contributed by atoms with van der Waals surface area (Å²) >= 11 is 0. The van der Waals surface area contributed by atoms with E-state index in [1.807, 2.05) is 6.07 Å². The van der Waals surface area contributed by atoms with E-state index in [1.165, 1.54) is 6.20 Å². The van der Waals surface area contributed by atoms with Crippen LogP contribution in [0.5, 0.6) is 0 Å². The van der Waals surface area contributed by atoms with E-state index in [4.69, 9.17) is 10.5 Å². The minimum Gasteiger partial charge on any atom is -0.354 e. The fraction of sp³-hybridized carbons (Fsp3) is 0. The molecule has 0 aliphatic rings. The third-order valence-electron chi connectivity index (χ3n) is 3.57. The lowest BCUT2D eigenvalue weighted by Crippen LogP contribution is -2.12. The zero-order chi connectivity index (χ0) is 18.4. The summed E-state index contributed by atoms with van der Waals surface area (Å²) < 4.78 is 0. The van der Waals surface area contributed by atoms with Gasteiger partial charge >= 0.3 is 0 Å². The van der Waals surface area contributed by atoms with Gasteiger partial charge in [-0.25, -0.2) is 0 Å². The van der Waals surface area contributed by atoms with Crippen LogP contribution in [0.25, 0.3) is 0 Å². The van der Waals surface area contributed by atoms with E-state index >= 15 is 0 Å². The Bertz CT molecular complexity index is 1010. The number of pyridine rings is 1. The summed E-state index contributed by atoms with van der Waals surface area (Å²) in [5, 5.41) is 23.5. The largest absolute Gasteiger partial charge is 0.354 e. The van der Waals surface area contributed by atoms with Crippen LogP contribution in [0.3, 0.4) is 0 Å². The van der Waals surface area contributed by atoms with Crippen molar-refractivity contribution in [3.05, 3.63) is 83.7 Å². The smallest absolute Gasteiger partial charge is 0.257 e. The van der Waals surface area contributed by atoms with Crippen LogP contribution >= 0.6 is 0 Å². The Morgan fingerprint density at radius 1 is 0.808 bits per heavy atom. The van der Waals surface area contributed by atoms with Crippen molar-refractivity contribution in [3.63, 3.8) is 0 Å². The topological polar surface area (TPSA) is 102 Å². The summed E-state index contributed by atoms with van der Waals surface area (Å²) in [6.45, 7) is 0. The predicted molar refractivity (Wildman–Crippen MR) is 97.8 cm³/mol. The Labute approximate surface area is 150 Å². The molecule has 0 atom stereocenters. The first kappa shape index (κ1) is 16.7. The molecule has 0 aliphatic heterocycles. The zero-order valence-electron chi connectivity index (χ0n) is 13.6. The number of hydrogen-bond acceptors (Lipinski definition) is 5. The molecular weight excluding hydrogens is 326 g/mol. The van der Waals surface area contributed by atoms with Gasteiger partial charge in [0.05, 0.1) is 40.7 Å². The highest BCUT2D eigenvalue weighted by Crippen LogP contribution is 2.18. The van der Waals surface area contributed by atoms with Gasteiger partial charge in [0.25, 0.3) is 5.91 Å². The molecule has 6 nitrogen and oxygen atoms in total. The molecule has 0 spiro atoms. The molecule has 1 aromatic heterocycles. The summed E-state index contributed by atoms with van der Waals surface area (Å²) in [5.74, 6) is -0.300. The number of carbonyl (C=O) groups is 1. The maximum atomic E-state index is 12.4. The molecule has 124 valence electrons. The number of nitrogens with one attached hydrogen (secondary N) is 2. The second-order valence-electron chi connectivity index (χ2n) is 5.42. The van der Waals surface area contributed by atoms with E-state index in [1.54, 1.807) is 60.8 Å². The van der Waals surface area contributed by atoms with Crippen LogP contribution in [-0.2, 0) is 0 Å². The van der Waals surface area contributed by atoms with Gasteiger partial charge in [-0.1, -0.05) is 0 Å². The van der Waals surface area contributed by atoms with E-state index in [-0.39, 0.29) is 5.91 Å². The number of rotatable bonds is 4. The molecule has 0 radical (unpaired) electrons. The number of hydrogen-bond donors (Lipinski definition) is 2. The number of aromatic nitrogens is 1. The molecule has 1 heterocycles. The molecular formula is C20H13N5O. The lowest BCUT2D eigenvalue weighted by molar-refractivity contribution is 0.102. The first-order valence-corrected chi connectivity index (χ1v) is 7.72. The maximum absolute atomic E-state index is 12.4. The summed E-state index contributed by atoms with van der Waals surface area (Å²) in [5.41, 5.74) is 3.53. The van der Waals surface area contributed by atoms with Gasteiger partial charge in [-0.3, -0.25) is 9.78 Å². The van der Waals surface area contributed by atoms with Crippen LogP contribution < -0.4 is 10.6 Å². The van der Waals surface area contributed by atoms with Crippen LogP contribution in [0.4, 0.5) is 17.1 Å². The summed E-state index contributed by atoms with van der Waals surface area (Å²) in [4.78, 5) is 16.5. The molecule has 0 saturated heterocycles. The number of nitriles is 2. The first-order chi connectivity index (χ1) is 12.7. The van der Waals surface area contributed by atoms with Crippen LogP contribution in [-0.4, -0.2) is 10.9 Å². The summed E-state index contributed by atoms with van der Waals surface area (Å²) in [6.07, 6.45) is 3.08. The SMILES string of the molecule is N#Cc1ccc(NC(=O)c2cncc(Nc3ccc(C#N)cc3)c2)cc1. The molecule has 6 heteroatoms. The molecule has 26 heavy (non-hydrogen) atoms. The van der Waals surface area contributed by atoms with Crippen LogP contribution in [0.15, 0.2) is 67.0 Å². The highest BCUT2D eigenvalue weighted by Gasteiger charge is 2.08. The average molecular weight is 339 g/mol. The molecule has 2 aromatic carbocycles. The van der Waals surface area contributed by atoms with Gasteiger partial charge in [0.15, 0.2) is 0 Å². The number of amides is 1. The van der Waals surface area contributed by atoms with Crippen molar-refractivity contribution in [2.24, 2.45) is 0 Å². The minimum absolute atomic E-state index is 0.300. The molecule has 1 amide bonds. The third kappa shape index (κ3) is 4.02. The Kier molecular flexibility index (Phi) is 4.88. The summed E-state index contributed by atoms with van der Waals surface area (Å²) in [7, 11) is 0. The Morgan fingerprint density at radius 3 is 1.96 bits per heavy atom. The van der Waals surface area contributed by atoms with E-state index in [2.05, 4.69) is 21.7 Å². The van der Waals surface area contributed by atoms with Gasteiger partial charge in [0.1, 0.15) is 0 Å². The molecule has 0 fully saturated rings. The van der Waals surface area contributed by atoms with Crippen molar-refractivity contribution in [2.45, 2.75) is 0 Å². The second-order valence-corrected chi connectivity index (χ2v) is 5.42. The van der Waals surface area contributed by atoms with Crippen molar-refractivity contribution in [2.75, 3.05) is 10.6 Å². The highest BCUT2D eigenvalue weighted by atomic mass is 16.1. The predicted octanol–water partition coefficient (Wildman–Crippen LogP) is 3.82. The van der Waals surface area contributed by atoms with Gasteiger partial charge in [0, 0.05) is 17.6 Å². The van der Waals surface area contributed by atoms with Crippen molar-refractivity contribution >= 4 is 23.0 Å².